The first-order valence-electron chi connectivity index (χ1n) is 13.3. The number of hydrogen-bond acceptors (Lipinski definition) is 8. The fraction of sp³-hybridized carbons (Fsp3) is 0.414. The molecule has 1 aliphatic carbocycles. The molecule has 4 rings (SSSR count). The van der Waals surface area contributed by atoms with Crippen LogP contribution in [-0.4, -0.2) is 41.7 Å². The van der Waals surface area contributed by atoms with Gasteiger partial charge in [-0.15, -0.1) is 11.3 Å². The number of carbonyl (C=O) groups is 3. The summed E-state index contributed by atoms with van der Waals surface area (Å²) in [7, 11) is 0. The van der Waals surface area contributed by atoms with E-state index in [0.29, 0.717) is 37.4 Å². The first-order chi connectivity index (χ1) is 18.9. The Labute approximate surface area is 231 Å². The molecule has 1 aliphatic rings. The van der Waals surface area contributed by atoms with E-state index in [1.165, 1.54) is 18.3 Å². The molecule has 39 heavy (non-hydrogen) atoms. The monoisotopic (exact) mass is 553 g/mol. The topological polar surface area (TPSA) is 126 Å². The quantitative estimate of drug-likeness (QED) is 0.107. The minimum Gasteiger partial charge on any atom is -0.494 e. The van der Waals surface area contributed by atoms with Gasteiger partial charge in [0, 0.05) is 24.7 Å². The maximum Gasteiger partial charge on any atom is 0.328 e. The molecule has 1 atom stereocenters. The molecule has 1 saturated carbocycles. The maximum atomic E-state index is 12.5. The molecule has 0 radical (unpaired) electrons. The van der Waals surface area contributed by atoms with Gasteiger partial charge in [-0.2, -0.15) is 0 Å². The molecule has 0 aliphatic heterocycles. The first kappa shape index (κ1) is 28.5. The first-order valence-corrected chi connectivity index (χ1v) is 14.1. The smallest absolute Gasteiger partial charge is 0.328 e. The minimum absolute atomic E-state index is 0.0296. The fourth-order valence-corrected chi connectivity index (χ4v) is 5.65. The van der Waals surface area contributed by atoms with Gasteiger partial charge in [0.2, 0.25) is 5.91 Å². The van der Waals surface area contributed by atoms with Crippen LogP contribution in [0.4, 0.5) is 0 Å². The van der Waals surface area contributed by atoms with Gasteiger partial charge in [0.25, 0.3) is 5.91 Å². The van der Waals surface area contributed by atoms with Gasteiger partial charge < -0.3 is 20.1 Å². The number of fused-ring (bicyclic) bond motifs is 1. The molecule has 1 aromatic heterocycles. The molecule has 0 bridgehead atoms. The summed E-state index contributed by atoms with van der Waals surface area (Å²) in [6, 6.07) is 15.0. The lowest BCUT2D eigenvalue weighted by Gasteiger charge is -2.19. The molecule has 208 valence electrons. The molecule has 0 spiro atoms. The van der Waals surface area contributed by atoms with E-state index in [2.05, 4.69) is 10.6 Å². The van der Waals surface area contributed by atoms with E-state index in [9.17, 15) is 14.4 Å². The summed E-state index contributed by atoms with van der Waals surface area (Å²) in [4.78, 5) is 36.1. The summed E-state index contributed by atoms with van der Waals surface area (Å²) in [5.41, 5.74) is 3.89. The highest BCUT2D eigenvalue weighted by atomic mass is 32.1. The van der Waals surface area contributed by atoms with E-state index in [-0.39, 0.29) is 18.0 Å². The lowest BCUT2D eigenvalue weighted by atomic mass is 10.1. The third kappa shape index (κ3) is 8.51. The van der Waals surface area contributed by atoms with Crippen molar-refractivity contribution in [3.8, 4) is 5.75 Å². The van der Waals surface area contributed by atoms with E-state index >= 15 is 0 Å². The molecule has 2 amide bonds. The van der Waals surface area contributed by atoms with Crippen molar-refractivity contribution in [2.45, 2.75) is 70.7 Å². The Morgan fingerprint density at radius 2 is 1.74 bits per heavy atom. The van der Waals surface area contributed by atoms with Crippen molar-refractivity contribution in [2.24, 2.45) is 0 Å². The van der Waals surface area contributed by atoms with E-state index in [0.717, 1.165) is 52.6 Å². The molecule has 1 heterocycles. The summed E-state index contributed by atoms with van der Waals surface area (Å²) in [5.74, 6) is -0.365. The summed E-state index contributed by atoms with van der Waals surface area (Å²) in [5, 5.41) is 15.9. The van der Waals surface area contributed by atoms with Gasteiger partial charge in [0.1, 0.15) is 17.9 Å². The molecule has 3 aromatic rings. The largest absolute Gasteiger partial charge is 0.494 e. The highest BCUT2D eigenvalue weighted by Gasteiger charge is 2.26. The van der Waals surface area contributed by atoms with Crippen LogP contribution in [0, 0.1) is 0 Å². The van der Waals surface area contributed by atoms with Crippen LogP contribution in [0.3, 0.4) is 0 Å². The van der Waals surface area contributed by atoms with Crippen molar-refractivity contribution in [3.63, 3.8) is 0 Å². The number of ether oxygens (including phenoxy) is 2. The molecule has 9 nitrogen and oxygen atoms in total. The average molecular weight is 554 g/mol. The third-order valence-electron chi connectivity index (χ3n) is 6.64. The number of rotatable bonds is 13. The lowest BCUT2D eigenvalue weighted by molar-refractivity contribution is -0.152. The Balaban J connectivity index is 1.18. The van der Waals surface area contributed by atoms with Crippen molar-refractivity contribution in [1.82, 2.24) is 16.1 Å². The van der Waals surface area contributed by atoms with Crippen molar-refractivity contribution in [3.05, 3.63) is 64.5 Å². The number of hydrogen-bond donors (Lipinski definition) is 4. The number of esters is 1. The second-order valence-corrected chi connectivity index (χ2v) is 10.8. The molecule has 0 saturated heterocycles. The molecule has 1 fully saturated rings. The summed E-state index contributed by atoms with van der Waals surface area (Å²) >= 11 is 1.34. The molecular weight excluding hydrogens is 518 g/mol. The number of hydroxylamine groups is 1. The van der Waals surface area contributed by atoms with E-state index in [1.54, 1.807) is 11.5 Å². The van der Waals surface area contributed by atoms with Crippen LogP contribution >= 0.6 is 11.3 Å². The maximum absolute atomic E-state index is 12.5. The summed E-state index contributed by atoms with van der Waals surface area (Å²) in [6.07, 6.45) is 4.98. The number of thiophene rings is 1. The molecule has 4 N–H and O–H groups in total. The van der Waals surface area contributed by atoms with Crippen LogP contribution in [0.1, 0.15) is 66.2 Å². The Bertz CT molecular complexity index is 1270. The van der Waals surface area contributed by atoms with Gasteiger partial charge in [-0.3, -0.25) is 14.8 Å². The third-order valence-corrected chi connectivity index (χ3v) is 7.74. The zero-order valence-corrected chi connectivity index (χ0v) is 22.9. The van der Waals surface area contributed by atoms with Crippen molar-refractivity contribution >= 4 is 39.2 Å². The van der Waals surface area contributed by atoms with Crippen LogP contribution in [0.25, 0.3) is 10.1 Å². The average Bonchev–Trinajstić information content (AvgIpc) is 3.60. The molecular formula is C29H35N3O6S. The number of nitrogens with one attached hydrogen (secondary N) is 3. The normalized spacial score (nSPS) is 14.2. The van der Waals surface area contributed by atoms with E-state index in [4.69, 9.17) is 14.7 Å². The number of benzene rings is 2. The van der Waals surface area contributed by atoms with E-state index in [1.807, 2.05) is 42.5 Å². The highest BCUT2D eigenvalue weighted by molar-refractivity contribution is 7.20. The van der Waals surface area contributed by atoms with Gasteiger partial charge >= 0.3 is 5.97 Å². The highest BCUT2D eigenvalue weighted by Crippen LogP contribution is 2.27. The van der Waals surface area contributed by atoms with Crippen LogP contribution in [0.5, 0.6) is 5.75 Å². The summed E-state index contributed by atoms with van der Waals surface area (Å²) in [6.45, 7) is 3.19. The van der Waals surface area contributed by atoms with Gasteiger partial charge in [-0.25, -0.2) is 10.3 Å². The van der Waals surface area contributed by atoms with E-state index < -0.39 is 11.9 Å². The fourth-order valence-electron chi connectivity index (χ4n) is 4.63. The predicted molar refractivity (Wildman–Crippen MR) is 149 cm³/mol. The van der Waals surface area contributed by atoms with Crippen molar-refractivity contribution in [1.29, 1.82) is 0 Å². The van der Waals surface area contributed by atoms with Gasteiger partial charge in [0.15, 0.2) is 0 Å². The molecule has 0 unspecified atom stereocenters. The van der Waals surface area contributed by atoms with Crippen molar-refractivity contribution < 1.29 is 29.1 Å². The minimum atomic E-state index is -0.650. The second-order valence-electron chi connectivity index (χ2n) is 9.76. The van der Waals surface area contributed by atoms with Crippen LogP contribution in [0.2, 0.25) is 0 Å². The van der Waals surface area contributed by atoms with Crippen molar-refractivity contribution in [2.75, 3.05) is 6.61 Å². The lowest BCUT2D eigenvalue weighted by Crippen LogP contribution is -2.42. The zero-order valence-electron chi connectivity index (χ0n) is 22.0. The Morgan fingerprint density at radius 3 is 2.46 bits per heavy atom. The second kappa shape index (κ2) is 14.1. The summed E-state index contributed by atoms with van der Waals surface area (Å²) < 4.78 is 12.4. The standard InChI is InChI=1S/C29H35N3O6S/c1-19(33)31-25(29(35)38-24-5-2-3-6-24)7-4-14-37-23-12-9-20(10-13-23)17-30-18-21-8-11-22-16-27(28(34)32-36)39-26(22)15-21/h8-13,15-16,24-25,30,36H,2-7,14,17-18H2,1H3,(H,31,33)(H,32,34)/t25-/m0/s1. The SMILES string of the molecule is CC(=O)N[C@@H](CCCOc1ccc(CNCc2ccc3cc(C(=O)NO)sc3c2)cc1)C(=O)OC1CCCC1. The molecule has 10 heteroatoms. The Hall–Kier alpha value is -3.47. The van der Waals surface area contributed by atoms with Gasteiger partial charge in [-0.1, -0.05) is 24.3 Å². The Kier molecular flexibility index (Phi) is 10.3. The predicted octanol–water partition coefficient (Wildman–Crippen LogP) is 4.46. The van der Waals surface area contributed by atoms with Gasteiger partial charge in [-0.05, 0) is 79.3 Å². The van der Waals surface area contributed by atoms with Crippen LogP contribution in [0.15, 0.2) is 48.5 Å². The molecule has 2 aromatic carbocycles. The van der Waals surface area contributed by atoms with Gasteiger partial charge in [0.05, 0.1) is 11.5 Å². The van der Waals surface area contributed by atoms with Crippen LogP contribution < -0.4 is 20.9 Å². The number of amides is 2. The zero-order chi connectivity index (χ0) is 27.6. The number of carbonyl (C=O) groups excluding carboxylic acids is 3. The van der Waals surface area contributed by atoms with Crippen LogP contribution in [-0.2, 0) is 27.4 Å². The Morgan fingerprint density at radius 1 is 1.03 bits per heavy atom.